The highest BCUT2D eigenvalue weighted by Crippen LogP contribution is 2.40. The van der Waals surface area contributed by atoms with Crippen molar-refractivity contribution < 1.29 is 4.79 Å². The van der Waals surface area contributed by atoms with E-state index in [1.54, 1.807) is 10.6 Å². The highest BCUT2D eigenvalue weighted by molar-refractivity contribution is 9.10. The summed E-state index contributed by atoms with van der Waals surface area (Å²) in [5, 5.41) is 0. The van der Waals surface area contributed by atoms with Gasteiger partial charge in [0.05, 0.1) is 10.2 Å². The van der Waals surface area contributed by atoms with Gasteiger partial charge in [-0.2, -0.15) is 0 Å². The molecule has 0 N–H and O–H groups in total. The Labute approximate surface area is 94.5 Å². The van der Waals surface area contributed by atoms with Gasteiger partial charge in [-0.25, -0.2) is 9.97 Å². The van der Waals surface area contributed by atoms with Gasteiger partial charge in [-0.15, -0.1) is 0 Å². The smallest absolute Gasteiger partial charge is 0.234 e. The Kier molecular flexibility index (Phi) is 1.88. The molecule has 0 amide bonds. The Morgan fingerprint density at radius 2 is 2.33 bits per heavy atom. The second-order valence-corrected chi connectivity index (χ2v) is 4.63. The summed E-state index contributed by atoms with van der Waals surface area (Å²) in [5.74, 6) is 1.06. The van der Waals surface area contributed by atoms with Gasteiger partial charge >= 0.3 is 0 Å². The van der Waals surface area contributed by atoms with Crippen molar-refractivity contribution in [2.24, 2.45) is 0 Å². The second-order valence-electron chi connectivity index (χ2n) is 3.72. The maximum Gasteiger partial charge on any atom is 0.234 e. The lowest BCUT2D eigenvalue weighted by molar-refractivity contribution is 0.111. The van der Waals surface area contributed by atoms with E-state index >= 15 is 0 Å². The summed E-state index contributed by atoms with van der Waals surface area (Å²) in [6, 6.07) is 0. The van der Waals surface area contributed by atoms with Crippen molar-refractivity contribution in [2.45, 2.75) is 18.8 Å². The van der Waals surface area contributed by atoms with Crippen LogP contribution in [0, 0.1) is 0 Å². The van der Waals surface area contributed by atoms with E-state index in [-0.39, 0.29) is 0 Å². The molecule has 0 spiro atoms. The highest BCUT2D eigenvalue weighted by Gasteiger charge is 2.30. The van der Waals surface area contributed by atoms with Gasteiger partial charge < -0.3 is 0 Å². The molecule has 0 unspecified atom stereocenters. The van der Waals surface area contributed by atoms with Crippen molar-refractivity contribution in [3.63, 3.8) is 0 Å². The number of hydrogen-bond acceptors (Lipinski definition) is 3. The number of aldehydes is 1. The third-order valence-electron chi connectivity index (χ3n) is 2.59. The molecule has 0 bridgehead atoms. The Morgan fingerprint density at radius 3 is 3.00 bits per heavy atom. The Morgan fingerprint density at radius 1 is 1.53 bits per heavy atom. The lowest BCUT2D eigenvalue weighted by Crippen LogP contribution is -1.94. The van der Waals surface area contributed by atoms with Crippen molar-refractivity contribution in [3.05, 3.63) is 28.3 Å². The molecule has 2 aromatic heterocycles. The third-order valence-corrected chi connectivity index (χ3v) is 3.00. The molecule has 15 heavy (non-hydrogen) atoms. The fourth-order valence-corrected chi connectivity index (χ4v) is 2.03. The van der Waals surface area contributed by atoms with Crippen LogP contribution in [0.1, 0.15) is 34.9 Å². The molecule has 4 nitrogen and oxygen atoms in total. The summed E-state index contributed by atoms with van der Waals surface area (Å²) in [4.78, 5) is 19.6. The monoisotopic (exact) mass is 265 g/mol. The zero-order valence-corrected chi connectivity index (χ0v) is 9.44. The van der Waals surface area contributed by atoms with E-state index < -0.39 is 0 Å². The molecule has 2 heterocycles. The van der Waals surface area contributed by atoms with Gasteiger partial charge in [-0.3, -0.25) is 9.20 Å². The van der Waals surface area contributed by atoms with E-state index in [1.165, 1.54) is 0 Å². The molecule has 1 aliphatic rings. The lowest BCUT2D eigenvalue weighted by atomic mass is 10.2. The number of carbonyl (C=O) groups is 1. The maximum absolute atomic E-state index is 11.0. The zero-order valence-electron chi connectivity index (χ0n) is 7.85. The predicted molar refractivity (Wildman–Crippen MR) is 58.0 cm³/mol. The number of fused-ring (bicyclic) bond motifs is 1. The maximum atomic E-state index is 11.0. The van der Waals surface area contributed by atoms with Crippen molar-refractivity contribution in [3.8, 4) is 0 Å². The van der Waals surface area contributed by atoms with Gasteiger partial charge in [0.2, 0.25) is 5.78 Å². The van der Waals surface area contributed by atoms with Crippen LogP contribution in [0.2, 0.25) is 0 Å². The summed E-state index contributed by atoms with van der Waals surface area (Å²) >= 11 is 3.33. The standard InChI is InChI=1S/C10H8BrN3O/c11-7-3-12-10-13-9(6-1-2-6)8(5-15)14(10)4-7/h3-6H,1-2H2. The topological polar surface area (TPSA) is 47.3 Å². The van der Waals surface area contributed by atoms with Crippen molar-refractivity contribution in [1.82, 2.24) is 14.4 Å². The molecule has 1 fully saturated rings. The summed E-state index contributed by atoms with van der Waals surface area (Å²) < 4.78 is 2.59. The summed E-state index contributed by atoms with van der Waals surface area (Å²) in [6.07, 6.45) is 6.64. The van der Waals surface area contributed by atoms with Crippen LogP contribution in [0.25, 0.3) is 5.78 Å². The van der Waals surface area contributed by atoms with Gasteiger partial charge in [0.25, 0.3) is 0 Å². The van der Waals surface area contributed by atoms with Crippen LogP contribution in [0.4, 0.5) is 0 Å². The van der Waals surface area contributed by atoms with Crippen LogP contribution in [0.5, 0.6) is 0 Å². The molecule has 0 atom stereocenters. The van der Waals surface area contributed by atoms with Crippen molar-refractivity contribution in [2.75, 3.05) is 0 Å². The first-order valence-corrected chi connectivity index (χ1v) is 5.57. The molecule has 2 aromatic rings. The van der Waals surface area contributed by atoms with Gasteiger partial charge in [-0.05, 0) is 28.8 Å². The molecule has 5 heteroatoms. The van der Waals surface area contributed by atoms with Crippen LogP contribution in [-0.2, 0) is 0 Å². The van der Waals surface area contributed by atoms with E-state index in [9.17, 15) is 4.79 Å². The van der Waals surface area contributed by atoms with Crippen LogP contribution in [0.15, 0.2) is 16.9 Å². The average Bonchev–Trinajstić information content (AvgIpc) is 3.00. The van der Waals surface area contributed by atoms with Crippen LogP contribution in [0.3, 0.4) is 0 Å². The largest absolute Gasteiger partial charge is 0.296 e. The first kappa shape index (κ1) is 9.03. The number of imidazole rings is 1. The van der Waals surface area contributed by atoms with Crippen molar-refractivity contribution >= 4 is 28.0 Å². The third kappa shape index (κ3) is 1.38. The van der Waals surface area contributed by atoms with E-state index in [0.717, 1.165) is 29.3 Å². The van der Waals surface area contributed by atoms with Gasteiger partial charge in [0.1, 0.15) is 5.69 Å². The first-order chi connectivity index (χ1) is 7.29. The minimum Gasteiger partial charge on any atom is -0.296 e. The second kappa shape index (κ2) is 3.13. The molecule has 76 valence electrons. The van der Waals surface area contributed by atoms with Crippen LogP contribution < -0.4 is 0 Å². The molecule has 3 rings (SSSR count). The van der Waals surface area contributed by atoms with Gasteiger partial charge in [0.15, 0.2) is 6.29 Å². The normalized spacial score (nSPS) is 15.8. The molecule has 1 saturated carbocycles. The Bertz CT molecular complexity index is 545. The summed E-state index contributed by atoms with van der Waals surface area (Å²) in [7, 11) is 0. The minimum atomic E-state index is 0.464. The molecule has 1 aliphatic carbocycles. The van der Waals surface area contributed by atoms with Gasteiger partial charge in [-0.1, -0.05) is 0 Å². The van der Waals surface area contributed by atoms with Gasteiger partial charge in [0, 0.05) is 18.3 Å². The Balaban J connectivity index is 2.32. The predicted octanol–water partition coefficient (Wildman–Crippen LogP) is 2.18. The Hall–Kier alpha value is -1.23. The molecular weight excluding hydrogens is 258 g/mol. The molecule has 0 radical (unpaired) electrons. The van der Waals surface area contributed by atoms with Crippen LogP contribution in [-0.4, -0.2) is 20.7 Å². The number of aromatic nitrogens is 3. The van der Waals surface area contributed by atoms with E-state index in [4.69, 9.17) is 0 Å². The number of hydrogen-bond donors (Lipinski definition) is 0. The van der Waals surface area contributed by atoms with Crippen LogP contribution >= 0.6 is 15.9 Å². The lowest BCUT2D eigenvalue weighted by Gasteiger charge is -1.95. The number of halogens is 1. The van der Waals surface area contributed by atoms with Crippen molar-refractivity contribution in [1.29, 1.82) is 0 Å². The number of nitrogens with zero attached hydrogens (tertiary/aromatic N) is 3. The molecule has 0 aromatic carbocycles. The number of rotatable bonds is 2. The SMILES string of the molecule is O=Cc1c(C2CC2)nc2ncc(Br)cn12. The van der Waals surface area contributed by atoms with E-state index in [2.05, 4.69) is 25.9 Å². The fourth-order valence-electron chi connectivity index (χ4n) is 1.72. The average molecular weight is 266 g/mol. The highest BCUT2D eigenvalue weighted by atomic mass is 79.9. The molecule has 0 aliphatic heterocycles. The molecule has 0 saturated heterocycles. The fraction of sp³-hybridized carbons (Fsp3) is 0.300. The van der Waals surface area contributed by atoms with E-state index in [1.807, 2.05) is 6.20 Å². The molecular formula is C10H8BrN3O. The minimum absolute atomic E-state index is 0.464. The summed E-state index contributed by atoms with van der Waals surface area (Å²) in [5.41, 5.74) is 1.54. The zero-order chi connectivity index (χ0) is 10.4. The first-order valence-electron chi connectivity index (χ1n) is 4.78. The number of carbonyl (C=O) groups excluding carboxylic acids is 1. The van der Waals surface area contributed by atoms with E-state index in [0.29, 0.717) is 17.4 Å². The summed E-state index contributed by atoms with van der Waals surface area (Å²) in [6.45, 7) is 0. The quantitative estimate of drug-likeness (QED) is 0.783.